The molecule has 1 unspecified atom stereocenters. The Labute approximate surface area is 119 Å². The molecule has 4 heteroatoms. The first-order valence-corrected chi connectivity index (χ1v) is 7.33. The molecular formula is C16H22FNO2. The fourth-order valence-electron chi connectivity index (χ4n) is 2.84. The zero-order valence-electron chi connectivity index (χ0n) is 11.9. The number of aliphatic carboxylic acids is 1. The highest BCUT2D eigenvalue weighted by atomic mass is 19.1. The van der Waals surface area contributed by atoms with Gasteiger partial charge >= 0.3 is 5.97 Å². The zero-order chi connectivity index (χ0) is 14.5. The summed E-state index contributed by atoms with van der Waals surface area (Å²) in [6, 6.07) is 4.01. The average Bonchev–Trinajstić information content (AvgIpc) is 2.67. The van der Waals surface area contributed by atoms with Crippen molar-refractivity contribution in [1.29, 1.82) is 0 Å². The van der Waals surface area contributed by atoms with E-state index < -0.39 is 12.0 Å². The van der Waals surface area contributed by atoms with E-state index in [2.05, 4.69) is 5.32 Å². The summed E-state index contributed by atoms with van der Waals surface area (Å²) in [6.07, 6.45) is 6.78. The molecular weight excluding hydrogens is 257 g/mol. The van der Waals surface area contributed by atoms with Gasteiger partial charge in [-0.2, -0.15) is 0 Å². The van der Waals surface area contributed by atoms with Gasteiger partial charge in [0.2, 0.25) is 0 Å². The minimum absolute atomic E-state index is 0.240. The van der Waals surface area contributed by atoms with E-state index in [0.717, 1.165) is 25.7 Å². The van der Waals surface area contributed by atoms with Gasteiger partial charge in [-0.05, 0) is 37.0 Å². The molecule has 0 radical (unpaired) electrons. The van der Waals surface area contributed by atoms with Crippen LogP contribution in [0.5, 0.6) is 0 Å². The van der Waals surface area contributed by atoms with Crippen LogP contribution in [0, 0.1) is 12.7 Å². The van der Waals surface area contributed by atoms with E-state index in [1.165, 1.54) is 18.9 Å². The summed E-state index contributed by atoms with van der Waals surface area (Å²) in [5.74, 6) is -1.20. The van der Waals surface area contributed by atoms with Crippen molar-refractivity contribution >= 4 is 5.97 Å². The third kappa shape index (κ3) is 3.79. The second-order valence-electron chi connectivity index (χ2n) is 5.64. The van der Waals surface area contributed by atoms with Crippen LogP contribution < -0.4 is 5.32 Å². The maximum atomic E-state index is 13.3. The van der Waals surface area contributed by atoms with Gasteiger partial charge in [0.05, 0.1) is 0 Å². The average molecular weight is 279 g/mol. The minimum Gasteiger partial charge on any atom is -0.480 e. The number of halogens is 1. The first kappa shape index (κ1) is 15.0. The zero-order valence-corrected chi connectivity index (χ0v) is 11.9. The maximum Gasteiger partial charge on any atom is 0.325 e. The molecule has 0 saturated heterocycles. The molecule has 1 atom stereocenters. The van der Waals surface area contributed by atoms with Gasteiger partial charge in [0, 0.05) is 6.04 Å². The van der Waals surface area contributed by atoms with Crippen molar-refractivity contribution < 1.29 is 14.3 Å². The molecule has 1 saturated carbocycles. The molecule has 0 amide bonds. The van der Waals surface area contributed by atoms with Gasteiger partial charge < -0.3 is 5.11 Å². The normalized spacial score (nSPS) is 18.5. The van der Waals surface area contributed by atoms with Gasteiger partial charge in [0.25, 0.3) is 0 Å². The number of nitrogens with one attached hydrogen (secondary N) is 1. The lowest BCUT2D eigenvalue weighted by atomic mass is 10.0. The smallest absolute Gasteiger partial charge is 0.325 e. The summed E-state index contributed by atoms with van der Waals surface area (Å²) in [6.45, 7) is 1.66. The van der Waals surface area contributed by atoms with Crippen molar-refractivity contribution in [3.63, 3.8) is 0 Å². The molecule has 0 aromatic heterocycles. The molecule has 1 aromatic rings. The standard InChI is InChI=1S/C16H22FNO2/c1-11-10-12(8-9-14(11)17)15(16(19)20)18-13-6-4-2-3-5-7-13/h8-10,13,15,18H,2-7H2,1H3,(H,19,20). The Morgan fingerprint density at radius 1 is 1.30 bits per heavy atom. The molecule has 110 valence electrons. The van der Waals surface area contributed by atoms with Crippen molar-refractivity contribution in [3.05, 3.63) is 35.1 Å². The van der Waals surface area contributed by atoms with Crippen LogP contribution >= 0.6 is 0 Å². The van der Waals surface area contributed by atoms with E-state index in [1.54, 1.807) is 19.1 Å². The van der Waals surface area contributed by atoms with Crippen molar-refractivity contribution in [3.8, 4) is 0 Å². The van der Waals surface area contributed by atoms with Crippen molar-refractivity contribution in [2.45, 2.75) is 57.5 Å². The van der Waals surface area contributed by atoms with Crippen LogP contribution in [-0.2, 0) is 4.79 Å². The Morgan fingerprint density at radius 3 is 2.50 bits per heavy atom. The first-order valence-electron chi connectivity index (χ1n) is 7.33. The predicted octanol–water partition coefficient (Wildman–Crippen LogP) is 3.57. The topological polar surface area (TPSA) is 49.3 Å². The SMILES string of the molecule is Cc1cc(C(NC2CCCCCC2)C(=O)O)ccc1F. The number of aryl methyl sites for hydroxylation is 1. The summed E-state index contributed by atoms with van der Waals surface area (Å²) in [4.78, 5) is 11.5. The third-order valence-electron chi connectivity index (χ3n) is 4.02. The van der Waals surface area contributed by atoms with Crippen LogP contribution in [-0.4, -0.2) is 17.1 Å². The fraction of sp³-hybridized carbons (Fsp3) is 0.562. The van der Waals surface area contributed by atoms with E-state index in [-0.39, 0.29) is 11.9 Å². The molecule has 3 nitrogen and oxygen atoms in total. The van der Waals surface area contributed by atoms with Crippen LogP contribution in [0.3, 0.4) is 0 Å². The van der Waals surface area contributed by atoms with Crippen molar-refractivity contribution in [2.75, 3.05) is 0 Å². The lowest BCUT2D eigenvalue weighted by Gasteiger charge is -2.22. The van der Waals surface area contributed by atoms with Crippen LogP contribution in [0.4, 0.5) is 4.39 Å². The van der Waals surface area contributed by atoms with Gasteiger partial charge in [-0.15, -0.1) is 0 Å². The van der Waals surface area contributed by atoms with E-state index in [9.17, 15) is 14.3 Å². The maximum absolute atomic E-state index is 13.3. The van der Waals surface area contributed by atoms with Crippen molar-refractivity contribution in [2.24, 2.45) is 0 Å². The second kappa shape index (κ2) is 6.84. The number of hydrogen-bond acceptors (Lipinski definition) is 2. The lowest BCUT2D eigenvalue weighted by molar-refractivity contribution is -0.140. The summed E-state index contributed by atoms with van der Waals surface area (Å²) >= 11 is 0. The molecule has 1 aliphatic carbocycles. The van der Waals surface area contributed by atoms with E-state index in [1.807, 2.05) is 0 Å². The highest BCUT2D eigenvalue weighted by Gasteiger charge is 2.24. The summed E-state index contributed by atoms with van der Waals surface area (Å²) < 4.78 is 13.3. The third-order valence-corrected chi connectivity index (χ3v) is 4.02. The van der Waals surface area contributed by atoms with Crippen LogP contribution in [0.15, 0.2) is 18.2 Å². The number of carboxylic acid groups (broad SMARTS) is 1. The number of rotatable bonds is 4. The molecule has 0 spiro atoms. The Bertz CT molecular complexity index is 468. The number of hydrogen-bond donors (Lipinski definition) is 2. The molecule has 1 fully saturated rings. The molecule has 0 aliphatic heterocycles. The molecule has 1 aliphatic rings. The number of carbonyl (C=O) groups is 1. The van der Waals surface area contributed by atoms with E-state index >= 15 is 0 Å². The predicted molar refractivity (Wildman–Crippen MR) is 76.1 cm³/mol. The van der Waals surface area contributed by atoms with Gasteiger partial charge in [0.15, 0.2) is 0 Å². The highest BCUT2D eigenvalue weighted by Crippen LogP contribution is 2.22. The Morgan fingerprint density at radius 2 is 1.95 bits per heavy atom. The van der Waals surface area contributed by atoms with Gasteiger partial charge in [0.1, 0.15) is 11.9 Å². The molecule has 2 rings (SSSR count). The van der Waals surface area contributed by atoms with Gasteiger partial charge in [-0.1, -0.05) is 37.8 Å². The Kier molecular flexibility index (Phi) is 5.12. The van der Waals surface area contributed by atoms with Gasteiger partial charge in [-0.25, -0.2) is 4.39 Å². The summed E-state index contributed by atoms with van der Waals surface area (Å²) in [5.41, 5.74) is 1.11. The lowest BCUT2D eigenvalue weighted by Crippen LogP contribution is -2.36. The van der Waals surface area contributed by atoms with Crippen LogP contribution in [0.2, 0.25) is 0 Å². The van der Waals surface area contributed by atoms with Crippen LogP contribution in [0.1, 0.15) is 55.7 Å². The fourth-order valence-corrected chi connectivity index (χ4v) is 2.84. The van der Waals surface area contributed by atoms with Crippen LogP contribution in [0.25, 0.3) is 0 Å². The molecule has 1 aromatic carbocycles. The first-order chi connectivity index (χ1) is 9.58. The molecule has 2 N–H and O–H groups in total. The van der Waals surface area contributed by atoms with E-state index in [0.29, 0.717) is 11.1 Å². The Hall–Kier alpha value is -1.42. The second-order valence-corrected chi connectivity index (χ2v) is 5.64. The highest BCUT2D eigenvalue weighted by molar-refractivity contribution is 5.75. The number of carboxylic acids is 1. The molecule has 0 heterocycles. The molecule has 20 heavy (non-hydrogen) atoms. The van der Waals surface area contributed by atoms with E-state index in [4.69, 9.17) is 0 Å². The minimum atomic E-state index is -0.903. The summed E-state index contributed by atoms with van der Waals surface area (Å²) in [5, 5.41) is 12.7. The monoisotopic (exact) mass is 279 g/mol. The number of benzene rings is 1. The summed E-state index contributed by atoms with van der Waals surface area (Å²) in [7, 11) is 0. The Balaban J connectivity index is 2.13. The van der Waals surface area contributed by atoms with Gasteiger partial charge in [-0.3, -0.25) is 10.1 Å². The van der Waals surface area contributed by atoms with Crippen molar-refractivity contribution in [1.82, 2.24) is 5.32 Å². The quantitative estimate of drug-likeness (QED) is 0.828. The molecule has 0 bridgehead atoms. The largest absolute Gasteiger partial charge is 0.480 e.